The molecule has 9 heteroatoms. The van der Waals surface area contributed by atoms with E-state index in [4.69, 9.17) is 24.7 Å². The fraction of sp³-hybridized carbons (Fsp3) is 0.280. The molecule has 0 aromatic heterocycles. The second-order valence-corrected chi connectivity index (χ2v) is 8.42. The summed E-state index contributed by atoms with van der Waals surface area (Å²) in [5, 5.41) is 9.81. The molecule has 0 saturated heterocycles. The lowest BCUT2D eigenvalue weighted by Crippen LogP contribution is -2.25. The summed E-state index contributed by atoms with van der Waals surface area (Å²) in [5.41, 5.74) is 7.25. The van der Waals surface area contributed by atoms with Gasteiger partial charge in [0.2, 0.25) is 5.88 Å². The first-order valence-corrected chi connectivity index (χ1v) is 11.7. The third-order valence-electron chi connectivity index (χ3n) is 5.10. The van der Waals surface area contributed by atoms with E-state index in [0.717, 1.165) is 0 Å². The molecule has 0 amide bonds. The first-order chi connectivity index (χ1) is 16.3. The minimum absolute atomic E-state index is 0.00273. The SMILES string of the molecule is CCOC(=O)C1=C(C)OC(N)=C(C#N)C1c1cc(I)c(OCc2ccccc2F)c(OCC)c1. The van der Waals surface area contributed by atoms with Crippen molar-refractivity contribution in [1.29, 1.82) is 5.26 Å². The van der Waals surface area contributed by atoms with Crippen molar-refractivity contribution in [2.75, 3.05) is 13.2 Å². The van der Waals surface area contributed by atoms with Crippen LogP contribution in [0.2, 0.25) is 0 Å². The Morgan fingerprint density at radius 2 is 1.97 bits per heavy atom. The van der Waals surface area contributed by atoms with E-state index < -0.39 is 11.9 Å². The maximum absolute atomic E-state index is 14.1. The van der Waals surface area contributed by atoms with Gasteiger partial charge in [0.15, 0.2) is 11.5 Å². The maximum atomic E-state index is 14.1. The van der Waals surface area contributed by atoms with Crippen LogP contribution in [-0.4, -0.2) is 19.2 Å². The van der Waals surface area contributed by atoms with Gasteiger partial charge in [0.1, 0.15) is 29.8 Å². The van der Waals surface area contributed by atoms with Gasteiger partial charge in [-0.2, -0.15) is 5.26 Å². The van der Waals surface area contributed by atoms with Gasteiger partial charge in [-0.25, -0.2) is 9.18 Å². The Balaban J connectivity index is 2.08. The second kappa shape index (κ2) is 11.2. The molecule has 0 fully saturated rings. The van der Waals surface area contributed by atoms with Crippen LogP contribution in [0.25, 0.3) is 0 Å². The van der Waals surface area contributed by atoms with Crippen LogP contribution >= 0.6 is 22.6 Å². The molecule has 7 nitrogen and oxygen atoms in total. The highest BCUT2D eigenvalue weighted by Crippen LogP contribution is 2.44. The summed E-state index contributed by atoms with van der Waals surface area (Å²) in [7, 11) is 0. The standard InChI is InChI=1S/C25H24FIN2O5/c1-4-31-20-11-16(10-19(27)23(20)33-13-15-8-6-7-9-18(15)26)22-17(12-28)24(29)34-14(3)21(22)25(30)32-5-2/h6-11,22H,4-5,13,29H2,1-3H3. The lowest BCUT2D eigenvalue weighted by atomic mass is 9.83. The van der Waals surface area contributed by atoms with E-state index in [9.17, 15) is 14.4 Å². The summed E-state index contributed by atoms with van der Waals surface area (Å²) >= 11 is 2.08. The topological polar surface area (TPSA) is 104 Å². The number of nitriles is 1. The van der Waals surface area contributed by atoms with Crippen molar-refractivity contribution in [3.8, 4) is 17.6 Å². The molecule has 0 aliphatic carbocycles. The molecule has 1 heterocycles. The van der Waals surface area contributed by atoms with E-state index >= 15 is 0 Å². The Morgan fingerprint density at radius 3 is 2.62 bits per heavy atom. The van der Waals surface area contributed by atoms with Gasteiger partial charge < -0.3 is 24.7 Å². The van der Waals surface area contributed by atoms with Crippen molar-refractivity contribution < 1.29 is 28.1 Å². The van der Waals surface area contributed by atoms with Crippen LogP contribution in [0.1, 0.15) is 37.8 Å². The zero-order valence-electron chi connectivity index (χ0n) is 19.0. The van der Waals surface area contributed by atoms with Crippen molar-refractivity contribution in [3.63, 3.8) is 0 Å². The number of rotatable bonds is 8. The molecule has 178 valence electrons. The maximum Gasteiger partial charge on any atom is 0.338 e. The zero-order chi connectivity index (χ0) is 24.8. The van der Waals surface area contributed by atoms with Crippen LogP contribution in [0.3, 0.4) is 0 Å². The molecule has 2 N–H and O–H groups in total. The fourth-order valence-corrected chi connectivity index (χ4v) is 4.39. The summed E-state index contributed by atoms with van der Waals surface area (Å²) in [6, 6.07) is 11.9. The fourth-order valence-electron chi connectivity index (χ4n) is 3.61. The van der Waals surface area contributed by atoms with E-state index in [-0.39, 0.29) is 41.8 Å². The van der Waals surface area contributed by atoms with E-state index in [1.165, 1.54) is 6.07 Å². The number of halogens is 2. The monoisotopic (exact) mass is 578 g/mol. The Bertz CT molecular complexity index is 1200. The first-order valence-electron chi connectivity index (χ1n) is 10.6. The van der Waals surface area contributed by atoms with E-state index in [1.54, 1.807) is 44.2 Å². The summed E-state index contributed by atoms with van der Waals surface area (Å²) in [6.07, 6.45) is 0. The number of hydrogen-bond donors (Lipinski definition) is 1. The largest absolute Gasteiger partial charge is 0.490 e. The predicted molar refractivity (Wildman–Crippen MR) is 131 cm³/mol. The molecule has 2 aromatic carbocycles. The zero-order valence-corrected chi connectivity index (χ0v) is 21.1. The van der Waals surface area contributed by atoms with Gasteiger partial charge in [-0.1, -0.05) is 18.2 Å². The number of allylic oxidation sites excluding steroid dienone is 2. The number of carbonyl (C=O) groups excluding carboxylic acids is 1. The number of nitrogens with two attached hydrogens (primary N) is 1. The van der Waals surface area contributed by atoms with Crippen LogP contribution in [-0.2, 0) is 20.9 Å². The van der Waals surface area contributed by atoms with Gasteiger partial charge in [0.25, 0.3) is 0 Å². The lowest BCUT2D eigenvalue weighted by molar-refractivity contribution is -0.139. The van der Waals surface area contributed by atoms with Crippen LogP contribution in [0.15, 0.2) is 59.2 Å². The molecule has 1 aliphatic heterocycles. The number of nitrogens with zero attached hydrogens (tertiary/aromatic N) is 1. The highest BCUT2D eigenvalue weighted by atomic mass is 127. The third kappa shape index (κ3) is 5.28. The Morgan fingerprint density at radius 1 is 1.24 bits per heavy atom. The van der Waals surface area contributed by atoms with Gasteiger partial charge in [0.05, 0.1) is 28.3 Å². The number of hydrogen-bond acceptors (Lipinski definition) is 7. The van der Waals surface area contributed by atoms with Gasteiger partial charge in [-0.3, -0.25) is 0 Å². The second-order valence-electron chi connectivity index (χ2n) is 7.26. The quantitative estimate of drug-likeness (QED) is 0.345. The molecular weight excluding hydrogens is 554 g/mol. The predicted octanol–water partition coefficient (Wildman–Crippen LogP) is 5.05. The van der Waals surface area contributed by atoms with E-state index in [2.05, 4.69) is 28.7 Å². The molecule has 1 unspecified atom stereocenters. The van der Waals surface area contributed by atoms with Crippen molar-refractivity contribution in [1.82, 2.24) is 0 Å². The Kier molecular flexibility index (Phi) is 8.39. The number of ether oxygens (including phenoxy) is 4. The normalized spacial score (nSPS) is 15.5. The van der Waals surface area contributed by atoms with Crippen molar-refractivity contribution >= 4 is 28.6 Å². The van der Waals surface area contributed by atoms with E-state index in [1.807, 2.05) is 6.92 Å². The van der Waals surface area contributed by atoms with Gasteiger partial charge in [-0.15, -0.1) is 0 Å². The van der Waals surface area contributed by atoms with Crippen molar-refractivity contribution in [3.05, 3.63) is 79.7 Å². The van der Waals surface area contributed by atoms with Crippen LogP contribution < -0.4 is 15.2 Å². The molecule has 0 spiro atoms. The van der Waals surface area contributed by atoms with Gasteiger partial charge >= 0.3 is 5.97 Å². The van der Waals surface area contributed by atoms with Crippen molar-refractivity contribution in [2.24, 2.45) is 5.73 Å². The summed E-state index contributed by atoms with van der Waals surface area (Å²) in [5.74, 6) is -0.782. The average Bonchev–Trinajstić information content (AvgIpc) is 2.79. The lowest BCUT2D eigenvalue weighted by Gasteiger charge is -2.27. The van der Waals surface area contributed by atoms with Gasteiger partial charge in [0, 0.05) is 5.56 Å². The Labute approximate surface area is 211 Å². The molecule has 1 aliphatic rings. The first kappa shape index (κ1) is 25.4. The van der Waals surface area contributed by atoms with E-state index in [0.29, 0.717) is 32.8 Å². The molecule has 0 radical (unpaired) electrons. The molecule has 2 aromatic rings. The molecule has 3 rings (SSSR count). The molecule has 0 bridgehead atoms. The van der Waals surface area contributed by atoms with Crippen LogP contribution in [0.4, 0.5) is 4.39 Å². The average molecular weight is 578 g/mol. The van der Waals surface area contributed by atoms with Gasteiger partial charge in [-0.05, 0) is 67.1 Å². The highest BCUT2D eigenvalue weighted by Gasteiger charge is 2.37. The van der Waals surface area contributed by atoms with Crippen LogP contribution in [0.5, 0.6) is 11.5 Å². The molecule has 0 saturated carbocycles. The molecule has 1 atom stereocenters. The number of esters is 1. The number of benzene rings is 2. The summed E-state index contributed by atoms with van der Waals surface area (Å²) in [4.78, 5) is 12.8. The van der Waals surface area contributed by atoms with Crippen LogP contribution in [0, 0.1) is 20.7 Å². The smallest absolute Gasteiger partial charge is 0.338 e. The summed E-state index contributed by atoms with van der Waals surface area (Å²) < 4.78 is 37.2. The molecular formula is C25H24FIN2O5. The summed E-state index contributed by atoms with van der Waals surface area (Å²) in [6.45, 7) is 5.62. The highest BCUT2D eigenvalue weighted by molar-refractivity contribution is 14.1. The van der Waals surface area contributed by atoms with Crippen molar-refractivity contribution in [2.45, 2.75) is 33.3 Å². The molecule has 34 heavy (non-hydrogen) atoms. The minimum atomic E-state index is -0.814. The minimum Gasteiger partial charge on any atom is -0.490 e. The third-order valence-corrected chi connectivity index (χ3v) is 5.90. The Hall–Kier alpha value is -3.26. The number of carbonyl (C=O) groups is 1.